The first-order chi connectivity index (χ1) is 8.08. The number of thioether (sulfide) groups is 1. The predicted molar refractivity (Wildman–Crippen MR) is 77.8 cm³/mol. The van der Waals surface area contributed by atoms with Crippen molar-refractivity contribution < 1.29 is 0 Å². The van der Waals surface area contributed by atoms with Gasteiger partial charge in [-0.1, -0.05) is 17.7 Å². The topological polar surface area (TPSA) is 26.0 Å². The van der Waals surface area contributed by atoms with E-state index in [1.807, 2.05) is 0 Å². The van der Waals surface area contributed by atoms with Crippen LogP contribution < -0.4 is 5.73 Å². The summed E-state index contributed by atoms with van der Waals surface area (Å²) in [5, 5.41) is 0. The zero-order chi connectivity index (χ0) is 12.4. The Kier molecular flexibility index (Phi) is 4.16. The maximum atomic E-state index is 6.37. The lowest BCUT2D eigenvalue weighted by Crippen LogP contribution is -2.32. The van der Waals surface area contributed by atoms with Crippen LogP contribution in [0.1, 0.15) is 28.7 Å². The molecule has 2 unspecified atom stereocenters. The van der Waals surface area contributed by atoms with Crippen LogP contribution in [0.15, 0.2) is 12.1 Å². The van der Waals surface area contributed by atoms with Crippen LogP contribution in [-0.2, 0) is 6.42 Å². The quantitative estimate of drug-likeness (QED) is 0.890. The lowest BCUT2D eigenvalue weighted by atomic mass is 9.89. The highest BCUT2D eigenvalue weighted by molar-refractivity contribution is 7.99. The van der Waals surface area contributed by atoms with Gasteiger partial charge in [-0.15, -0.1) is 0 Å². The molecule has 1 aromatic rings. The Bertz CT molecular complexity index is 371. The Morgan fingerprint density at radius 3 is 2.47 bits per heavy atom. The Morgan fingerprint density at radius 2 is 1.94 bits per heavy atom. The molecule has 0 aliphatic carbocycles. The van der Waals surface area contributed by atoms with Crippen molar-refractivity contribution >= 4 is 11.8 Å². The van der Waals surface area contributed by atoms with Crippen molar-refractivity contribution in [2.24, 2.45) is 11.7 Å². The van der Waals surface area contributed by atoms with Gasteiger partial charge in [-0.3, -0.25) is 0 Å². The lowest BCUT2D eigenvalue weighted by molar-refractivity contribution is 0.461. The van der Waals surface area contributed by atoms with Crippen LogP contribution in [-0.4, -0.2) is 17.5 Å². The van der Waals surface area contributed by atoms with E-state index in [1.54, 1.807) is 0 Å². The van der Waals surface area contributed by atoms with Gasteiger partial charge in [0.05, 0.1) is 0 Å². The fourth-order valence-corrected chi connectivity index (χ4v) is 4.18. The molecule has 94 valence electrons. The normalized spacial score (nSPS) is 21.8. The van der Waals surface area contributed by atoms with Gasteiger partial charge in [-0.05, 0) is 67.7 Å². The van der Waals surface area contributed by atoms with E-state index in [0.717, 1.165) is 12.3 Å². The second-order valence-electron chi connectivity index (χ2n) is 5.37. The summed E-state index contributed by atoms with van der Waals surface area (Å²) in [5.41, 5.74) is 12.0. The number of benzene rings is 1. The predicted octanol–water partition coefficient (Wildman–Crippen LogP) is 3.23. The summed E-state index contributed by atoms with van der Waals surface area (Å²) in [7, 11) is 0. The van der Waals surface area contributed by atoms with Gasteiger partial charge in [0.15, 0.2) is 0 Å². The first-order valence-electron chi connectivity index (χ1n) is 6.48. The number of nitrogens with two attached hydrogens (primary N) is 1. The summed E-state index contributed by atoms with van der Waals surface area (Å²) in [5.74, 6) is 3.27. The van der Waals surface area contributed by atoms with Gasteiger partial charge in [0.25, 0.3) is 0 Å². The third kappa shape index (κ3) is 3.05. The lowest BCUT2D eigenvalue weighted by Gasteiger charge is -2.21. The molecule has 0 radical (unpaired) electrons. The molecule has 2 rings (SSSR count). The van der Waals surface area contributed by atoms with Crippen molar-refractivity contribution in [3.8, 4) is 0 Å². The SMILES string of the molecule is Cc1cc(C)c(CC(N)C2CCSC2)c(C)c1. The van der Waals surface area contributed by atoms with Crippen molar-refractivity contribution in [1.82, 2.24) is 0 Å². The van der Waals surface area contributed by atoms with E-state index in [4.69, 9.17) is 5.73 Å². The van der Waals surface area contributed by atoms with Crippen LogP contribution in [0, 0.1) is 26.7 Å². The van der Waals surface area contributed by atoms with Gasteiger partial charge in [0.1, 0.15) is 0 Å². The molecule has 0 aromatic heterocycles. The molecule has 1 aliphatic rings. The summed E-state index contributed by atoms with van der Waals surface area (Å²) in [6.07, 6.45) is 2.35. The molecule has 1 fully saturated rings. The molecule has 1 heterocycles. The van der Waals surface area contributed by atoms with Gasteiger partial charge >= 0.3 is 0 Å². The van der Waals surface area contributed by atoms with Crippen molar-refractivity contribution in [2.45, 2.75) is 39.7 Å². The number of rotatable bonds is 3. The van der Waals surface area contributed by atoms with Crippen molar-refractivity contribution in [2.75, 3.05) is 11.5 Å². The van der Waals surface area contributed by atoms with Crippen LogP contribution in [0.5, 0.6) is 0 Å². The molecule has 1 aromatic carbocycles. The molecule has 1 saturated heterocycles. The molecule has 0 amide bonds. The van der Waals surface area contributed by atoms with Gasteiger partial charge < -0.3 is 5.73 Å². The molecular weight excluding hydrogens is 226 g/mol. The largest absolute Gasteiger partial charge is 0.327 e. The Balaban J connectivity index is 2.12. The van der Waals surface area contributed by atoms with E-state index < -0.39 is 0 Å². The Labute approximate surface area is 109 Å². The number of hydrogen-bond donors (Lipinski definition) is 1. The average Bonchev–Trinajstić information content (AvgIpc) is 2.76. The van der Waals surface area contributed by atoms with Crippen LogP contribution >= 0.6 is 11.8 Å². The molecular formula is C15H23NS. The minimum absolute atomic E-state index is 0.338. The fraction of sp³-hybridized carbons (Fsp3) is 0.600. The summed E-state index contributed by atoms with van der Waals surface area (Å²) < 4.78 is 0. The standard InChI is InChI=1S/C15H23NS/c1-10-6-11(2)14(12(3)7-10)8-15(16)13-4-5-17-9-13/h6-7,13,15H,4-5,8-9,16H2,1-3H3. The molecule has 0 bridgehead atoms. The molecule has 2 heteroatoms. The van der Waals surface area contributed by atoms with E-state index >= 15 is 0 Å². The van der Waals surface area contributed by atoms with Crippen LogP contribution in [0.4, 0.5) is 0 Å². The van der Waals surface area contributed by atoms with Crippen molar-refractivity contribution in [3.05, 3.63) is 34.4 Å². The highest BCUT2D eigenvalue weighted by Crippen LogP contribution is 2.28. The number of aryl methyl sites for hydroxylation is 3. The molecule has 0 saturated carbocycles. The van der Waals surface area contributed by atoms with Crippen molar-refractivity contribution in [3.63, 3.8) is 0 Å². The third-order valence-electron chi connectivity index (χ3n) is 3.85. The zero-order valence-corrected chi connectivity index (χ0v) is 11.9. The van der Waals surface area contributed by atoms with Gasteiger partial charge in [-0.25, -0.2) is 0 Å². The summed E-state index contributed by atoms with van der Waals surface area (Å²) in [4.78, 5) is 0. The summed E-state index contributed by atoms with van der Waals surface area (Å²) in [6.45, 7) is 6.59. The minimum atomic E-state index is 0.338. The van der Waals surface area contributed by atoms with Crippen molar-refractivity contribution in [1.29, 1.82) is 0 Å². The van der Waals surface area contributed by atoms with Crippen LogP contribution in [0.25, 0.3) is 0 Å². The van der Waals surface area contributed by atoms with Gasteiger partial charge in [0.2, 0.25) is 0 Å². The smallest absolute Gasteiger partial charge is 0.0116 e. The first kappa shape index (κ1) is 13.0. The molecule has 0 spiro atoms. The van der Waals surface area contributed by atoms with E-state index in [1.165, 1.54) is 40.2 Å². The maximum Gasteiger partial charge on any atom is 0.0116 e. The van der Waals surface area contributed by atoms with E-state index in [0.29, 0.717) is 6.04 Å². The van der Waals surface area contributed by atoms with Gasteiger partial charge in [-0.2, -0.15) is 11.8 Å². The molecule has 1 aliphatic heterocycles. The summed E-state index contributed by atoms with van der Waals surface area (Å²) >= 11 is 2.05. The molecule has 2 N–H and O–H groups in total. The highest BCUT2D eigenvalue weighted by Gasteiger charge is 2.23. The Hall–Kier alpha value is -0.470. The van der Waals surface area contributed by atoms with Crippen LogP contribution in [0.2, 0.25) is 0 Å². The third-order valence-corrected chi connectivity index (χ3v) is 5.04. The maximum absolute atomic E-state index is 6.37. The number of hydrogen-bond acceptors (Lipinski definition) is 2. The second-order valence-corrected chi connectivity index (χ2v) is 6.52. The molecule has 1 nitrogen and oxygen atoms in total. The van der Waals surface area contributed by atoms with Crippen LogP contribution in [0.3, 0.4) is 0 Å². The Morgan fingerprint density at radius 1 is 1.29 bits per heavy atom. The molecule has 17 heavy (non-hydrogen) atoms. The van der Waals surface area contributed by atoms with E-state index in [2.05, 4.69) is 44.7 Å². The highest BCUT2D eigenvalue weighted by atomic mass is 32.2. The second kappa shape index (κ2) is 5.45. The zero-order valence-electron chi connectivity index (χ0n) is 11.1. The molecule has 2 atom stereocenters. The average molecular weight is 249 g/mol. The monoisotopic (exact) mass is 249 g/mol. The fourth-order valence-electron chi connectivity index (χ4n) is 2.82. The van der Waals surface area contributed by atoms with Gasteiger partial charge in [0, 0.05) is 6.04 Å². The first-order valence-corrected chi connectivity index (χ1v) is 7.63. The van der Waals surface area contributed by atoms with E-state index in [-0.39, 0.29) is 0 Å². The van der Waals surface area contributed by atoms with E-state index in [9.17, 15) is 0 Å². The summed E-state index contributed by atoms with van der Waals surface area (Å²) in [6, 6.07) is 4.89. The minimum Gasteiger partial charge on any atom is -0.327 e.